The first-order valence-corrected chi connectivity index (χ1v) is 7.69. The first-order valence-electron chi connectivity index (χ1n) is 7.69. The molecule has 0 unspecified atom stereocenters. The molecule has 0 spiro atoms. The summed E-state index contributed by atoms with van der Waals surface area (Å²) in [5.41, 5.74) is -2.50. The monoisotopic (exact) mass is 344 g/mol. The van der Waals surface area contributed by atoms with Gasteiger partial charge in [0, 0.05) is 0 Å². The first kappa shape index (κ1) is 15.7. The van der Waals surface area contributed by atoms with Gasteiger partial charge in [-0.1, -0.05) is 12.1 Å². The number of fused-ring (bicyclic) bond motifs is 5. The molecule has 0 fully saturated rings. The number of methoxy groups -OCH3 is 2. The van der Waals surface area contributed by atoms with Crippen molar-refractivity contribution in [3.05, 3.63) is 46.9 Å². The molecule has 3 aliphatic rings. The third kappa shape index (κ3) is 1.78. The zero-order valence-corrected chi connectivity index (χ0v) is 14.2. The lowest BCUT2D eigenvalue weighted by Crippen LogP contribution is -2.39. The van der Waals surface area contributed by atoms with Crippen molar-refractivity contribution >= 4 is 11.9 Å². The quantitative estimate of drug-likeness (QED) is 0.758. The van der Waals surface area contributed by atoms with Crippen LogP contribution in [0.25, 0.3) is 0 Å². The molecule has 130 valence electrons. The number of carbonyl (C=O) groups excluding carboxylic acids is 2. The SMILES string of the molecule is COC(=O)C1=C(C(=O)OC)[C@]2(C)O[C@@]1(C)C1=C2Oc2ccccc2O1. The summed E-state index contributed by atoms with van der Waals surface area (Å²) in [6.07, 6.45) is 0. The van der Waals surface area contributed by atoms with Gasteiger partial charge in [0.1, 0.15) is 0 Å². The molecule has 4 rings (SSSR count). The Morgan fingerprint density at radius 2 is 1.24 bits per heavy atom. The van der Waals surface area contributed by atoms with E-state index >= 15 is 0 Å². The molecule has 2 bridgehead atoms. The first-order chi connectivity index (χ1) is 11.9. The van der Waals surface area contributed by atoms with E-state index in [1.54, 1.807) is 26.0 Å². The molecule has 0 saturated carbocycles. The zero-order chi connectivity index (χ0) is 18.0. The fourth-order valence-corrected chi connectivity index (χ4v) is 3.66. The van der Waals surface area contributed by atoms with Crippen LogP contribution >= 0.6 is 0 Å². The van der Waals surface area contributed by atoms with Gasteiger partial charge in [-0.3, -0.25) is 0 Å². The van der Waals surface area contributed by atoms with Crippen LogP contribution in [-0.2, 0) is 23.8 Å². The number of rotatable bonds is 2. The fraction of sp³-hybridized carbons (Fsp3) is 0.333. The third-order valence-corrected chi connectivity index (χ3v) is 4.74. The van der Waals surface area contributed by atoms with Gasteiger partial charge in [-0.05, 0) is 26.0 Å². The van der Waals surface area contributed by atoms with Crippen LogP contribution in [0.1, 0.15) is 13.8 Å². The maximum absolute atomic E-state index is 12.4. The predicted octanol–water partition coefficient (Wildman–Crippen LogP) is 1.87. The van der Waals surface area contributed by atoms with Crippen LogP contribution in [-0.4, -0.2) is 37.4 Å². The van der Waals surface area contributed by atoms with Gasteiger partial charge < -0.3 is 23.7 Å². The number of para-hydroxylation sites is 2. The normalized spacial score (nSPS) is 28.8. The average molecular weight is 344 g/mol. The Morgan fingerprint density at radius 1 is 0.840 bits per heavy atom. The predicted molar refractivity (Wildman–Crippen MR) is 83.7 cm³/mol. The zero-order valence-electron chi connectivity index (χ0n) is 14.2. The third-order valence-electron chi connectivity index (χ3n) is 4.74. The number of benzene rings is 1. The number of ether oxygens (including phenoxy) is 5. The highest BCUT2D eigenvalue weighted by atomic mass is 16.6. The van der Waals surface area contributed by atoms with E-state index in [0.29, 0.717) is 23.0 Å². The summed E-state index contributed by atoms with van der Waals surface area (Å²) in [7, 11) is 2.48. The summed E-state index contributed by atoms with van der Waals surface area (Å²) >= 11 is 0. The maximum Gasteiger partial charge on any atom is 0.337 e. The minimum atomic E-state index is -1.31. The lowest BCUT2D eigenvalue weighted by atomic mass is 9.80. The Balaban J connectivity index is 1.92. The molecule has 0 aliphatic carbocycles. The minimum Gasteiger partial charge on any atom is -0.466 e. The van der Waals surface area contributed by atoms with Crippen molar-refractivity contribution in [2.75, 3.05) is 14.2 Å². The highest BCUT2D eigenvalue weighted by Gasteiger charge is 2.69. The molecular weight excluding hydrogens is 328 g/mol. The van der Waals surface area contributed by atoms with Crippen molar-refractivity contribution < 1.29 is 33.3 Å². The second kappa shape index (κ2) is 4.86. The van der Waals surface area contributed by atoms with E-state index in [4.69, 9.17) is 23.7 Å². The van der Waals surface area contributed by atoms with Gasteiger partial charge in [0.25, 0.3) is 0 Å². The Morgan fingerprint density at radius 3 is 1.60 bits per heavy atom. The maximum atomic E-state index is 12.4. The Labute approximate surface area is 143 Å². The van der Waals surface area contributed by atoms with Crippen molar-refractivity contribution in [1.29, 1.82) is 0 Å². The lowest BCUT2D eigenvalue weighted by molar-refractivity contribution is -0.139. The lowest BCUT2D eigenvalue weighted by Gasteiger charge is -2.31. The molecule has 0 aromatic heterocycles. The Kier molecular flexibility index (Phi) is 3.05. The van der Waals surface area contributed by atoms with E-state index in [1.807, 2.05) is 12.1 Å². The summed E-state index contributed by atoms with van der Waals surface area (Å²) in [6.45, 7) is 3.29. The number of hydrogen-bond donors (Lipinski definition) is 0. The van der Waals surface area contributed by atoms with Crippen LogP contribution in [0.3, 0.4) is 0 Å². The van der Waals surface area contributed by atoms with Gasteiger partial charge in [-0.2, -0.15) is 0 Å². The summed E-state index contributed by atoms with van der Waals surface area (Å²) in [4.78, 5) is 24.8. The van der Waals surface area contributed by atoms with Crippen molar-refractivity contribution in [1.82, 2.24) is 0 Å². The molecule has 1 aromatic rings. The second-order valence-electron chi connectivity index (χ2n) is 6.21. The van der Waals surface area contributed by atoms with Crippen LogP contribution in [0.2, 0.25) is 0 Å². The molecule has 0 N–H and O–H groups in total. The minimum absolute atomic E-state index is 0.0612. The van der Waals surface area contributed by atoms with Gasteiger partial charge >= 0.3 is 11.9 Å². The molecule has 3 heterocycles. The van der Waals surface area contributed by atoms with E-state index in [0.717, 1.165) is 0 Å². The molecule has 2 atom stereocenters. The molecule has 0 saturated heterocycles. The summed E-state index contributed by atoms with van der Waals surface area (Å²) in [5.74, 6) is 0.321. The van der Waals surface area contributed by atoms with Gasteiger partial charge in [0.15, 0.2) is 34.2 Å². The van der Waals surface area contributed by atoms with Gasteiger partial charge in [-0.15, -0.1) is 0 Å². The number of hydrogen-bond acceptors (Lipinski definition) is 7. The van der Waals surface area contributed by atoms with Crippen LogP contribution in [0.4, 0.5) is 0 Å². The Bertz CT molecular complexity index is 812. The molecule has 25 heavy (non-hydrogen) atoms. The largest absolute Gasteiger partial charge is 0.466 e. The van der Waals surface area contributed by atoms with E-state index in [2.05, 4.69) is 0 Å². The topological polar surface area (TPSA) is 80.3 Å². The summed E-state index contributed by atoms with van der Waals surface area (Å²) in [6, 6.07) is 7.12. The van der Waals surface area contributed by atoms with Gasteiger partial charge in [0.05, 0.1) is 25.4 Å². The highest BCUT2D eigenvalue weighted by molar-refractivity contribution is 6.06. The van der Waals surface area contributed by atoms with Crippen molar-refractivity contribution in [2.45, 2.75) is 25.0 Å². The molecule has 0 radical (unpaired) electrons. The van der Waals surface area contributed by atoms with E-state index in [9.17, 15) is 9.59 Å². The van der Waals surface area contributed by atoms with E-state index in [1.165, 1.54) is 14.2 Å². The number of esters is 2. The molecule has 7 heteroatoms. The van der Waals surface area contributed by atoms with Crippen LogP contribution in [0.15, 0.2) is 46.9 Å². The standard InChI is InChI=1S/C18H16O7/c1-17-11(15(19)21-3)12(16(20)22-4)18(2,25-17)14-13(17)23-9-7-5-6-8-10(9)24-14/h5-8H,1-4H3/t17-,18+. The average Bonchev–Trinajstić information content (AvgIpc) is 3.00. The summed E-state index contributed by atoms with van der Waals surface area (Å²) < 4.78 is 27.8. The molecular formula is C18H16O7. The summed E-state index contributed by atoms with van der Waals surface area (Å²) in [5, 5.41) is 0. The Hall–Kier alpha value is -2.80. The second-order valence-corrected chi connectivity index (χ2v) is 6.21. The van der Waals surface area contributed by atoms with E-state index in [-0.39, 0.29) is 11.1 Å². The van der Waals surface area contributed by atoms with E-state index < -0.39 is 23.1 Å². The van der Waals surface area contributed by atoms with Gasteiger partial charge in [-0.25, -0.2) is 9.59 Å². The van der Waals surface area contributed by atoms with Crippen LogP contribution < -0.4 is 9.47 Å². The van der Waals surface area contributed by atoms with Crippen LogP contribution in [0, 0.1) is 0 Å². The smallest absolute Gasteiger partial charge is 0.337 e. The number of carbonyl (C=O) groups is 2. The van der Waals surface area contributed by atoms with Crippen LogP contribution in [0.5, 0.6) is 11.5 Å². The van der Waals surface area contributed by atoms with Crippen molar-refractivity contribution in [3.8, 4) is 11.5 Å². The molecule has 7 nitrogen and oxygen atoms in total. The molecule has 3 aliphatic heterocycles. The molecule has 0 amide bonds. The van der Waals surface area contributed by atoms with Crippen molar-refractivity contribution in [3.63, 3.8) is 0 Å². The fourth-order valence-electron chi connectivity index (χ4n) is 3.66. The highest BCUT2D eigenvalue weighted by Crippen LogP contribution is 2.60. The van der Waals surface area contributed by atoms with Crippen molar-refractivity contribution in [2.24, 2.45) is 0 Å². The molecule has 1 aromatic carbocycles. The van der Waals surface area contributed by atoms with Gasteiger partial charge in [0.2, 0.25) is 0 Å².